The second kappa shape index (κ2) is 4.21. The molecule has 0 aromatic heterocycles. The average molecular weight is 206 g/mol. The number of fused-ring (bicyclic) bond motifs is 1. The van der Waals surface area contributed by atoms with Crippen LogP contribution in [0.1, 0.15) is 24.1 Å². The third kappa shape index (κ3) is 1.62. The molecule has 2 rings (SSSR count). The van der Waals surface area contributed by atoms with Crippen LogP contribution in [-0.2, 0) is 6.54 Å². The van der Waals surface area contributed by atoms with Crippen LogP contribution < -0.4 is 10.5 Å². The monoisotopic (exact) mass is 206 g/mol. The molecule has 82 valence electrons. The maximum Gasteiger partial charge on any atom is 0.123 e. The van der Waals surface area contributed by atoms with Gasteiger partial charge in [-0.15, -0.1) is 0 Å². The number of hydrogen-bond donors (Lipinski definition) is 1. The summed E-state index contributed by atoms with van der Waals surface area (Å²) in [7, 11) is 1.72. The summed E-state index contributed by atoms with van der Waals surface area (Å²) in [4.78, 5) is 2.38. The highest BCUT2D eigenvalue weighted by atomic mass is 16.5. The molecule has 0 spiro atoms. The Morgan fingerprint density at radius 3 is 2.93 bits per heavy atom. The van der Waals surface area contributed by atoms with Crippen LogP contribution in [-0.4, -0.2) is 25.1 Å². The fourth-order valence-electron chi connectivity index (χ4n) is 2.37. The molecule has 0 amide bonds. The number of benzene rings is 1. The van der Waals surface area contributed by atoms with Gasteiger partial charge < -0.3 is 10.5 Å². The molecule has 3 nitrogen and oxygen atoms in total. The third-order valence-electron chi connectivity index (χ3n) is 3.18. The summed E-state index contributed by atoms with van der Waals surface area (Å²) in [5.41, 5.74) is 8.46. The first-order valence-electron chi connectivity index (χ1n) is 5.41. The van der Waals surface area contributed by atoms with Gasteiger partial charge in [0.05, 0.1) is 7.11 Å². The highest BCUT2D eigenvalue weighted by Gasteiger charge is 2.29. The quantitative estimate of drug-likeness (QED) is 0.815. The molecule has 1 aliphatic heterocycles. The SMILES string of the molecule is CCN1Cc2c(OC)cccc2C1CN. The van der Waals surface area contributed by atoms with E-state index in [0.717, 1.165) is 18.8 Å². The number of rotatable bonds is 3. The third-order valence-corrected chi connectivity index (χ3v) is 3.18. The van der Waals surface area contributed by atoms with Gasteiger partial charge in [0.2, 0.25) is 0 Å². The number of hydrogen-bond acceptors (Lipinski definition) is 3. The first-order valence-corrected chi connectivity index (χ1v) is 5.41. The molecule has 2 N–H and O–H groups in total. The van der Waals surface area contributed by atoms with Gasteiger partial charge in [0.15, 0.2) is 0 Å². The van der Waals surface area contributed by atoms with E-state index in [4.69, 9.17) is 10.5 Å². The topological polar surface area (TPSA) is 38.5 Å². The molecule has 3 heteroatoms. The molecule has 1 aliphatic rings. The van der Waals surface area contributed by atoms with E-state index in [9.17, 15) is 0 Å². The van der Waals surface area contributed by atoms with Crippen molar-refractivity contribution in [3.63, 3.8) is 0 Å². The van der Waals surface area contributed by atoms with Gasteiger partial charge in [-0.25, -0.2) is 0 Å². The Morgan fingerprint density at radius 2 is 2.33 bits per heavy atom. The maximum atomic E-state index is 5.82. The molecule has 0 saturated carbocycles. The molecule has 1 heterocycles. The van der Waals surface area contributed by atoms with Crippen LogP contribution in [0.15, 0.2) is 18.2 Å². The average Bonchev–Trinajstić information content (AvgIpc) is 2.66. The minimum Gasteiger partial charge on any atom is -0.496 e. The van der Waals surface area contributed by atoms with Gasteiger partial charge in [-0.2, -0.15) is 0 Å². The number of ether oxygens (including phenoxy) is 1. The van der Waals surface area contributed by atoms with E-state index in [-0.39, 0.29) is 0 Å². The molecule has 0 bridgehead atoms. The molecule has 1 aromatic rings. The lowest BCUT2D eigenvalue weighted by molar-refractivity contribution is 0.231. The fraction of sp³-hybridized carbons (Fsp3) is 0.500. The van der Waals surface area contributed by atoms with Crippen LogP contribution in [0.25, 0.3) is 0 Å². The van der Waals surface area contributed by atoms with Gasteiger partial charge >= 0.3 is 0 Å². The van der Waals surface area contributed by atoms with Crippen LogP contribution in [0.4, 0.5) is 0 Å². The van der Waals surface area contributed by atoms with Crippen LogP contribution in [0.2, 0.25) is 0 Å². The second-order valence-electron chi connectivity index (χ2n) is 3.84. The molecule has 1 unspecified atom stereocenters. The van der Waals surface area contributed by atoms with E-state index in [1.807, 2.05) is 12.1 Å². The Balaban J connectivity index is 2.41. The van der Waals surface area contributed by atoms with Gasteiger partial charge in [0.25, 0.3) is 0 Å². The van der Waals surface area contributed by atoms with E-state index in [1.54, 1.807) is 7.11 Å². The Morgan fingerprint density at radius 1 is 1.53 bits per heavy atom. The van der Waals surface area contributed by atoms with Gasteiger partial charge in [-0.1, -0.05) is 19.1 Å². The Labute approximate surface area is 90.8 Å². The lowest BCUT2D eigenvalue weighted by atomic mass is 10.0. The van der Waals surface area contributed by atoms with E-state index >= 15 is 0 Å². The van der Waals surface area contributed by atoms with E-state index < -0.39 is 0 Å². The number of nitrogens with zero attached hydrogens (tertiary/aromatic N) is 1. The van der Waals surface area contributed by atoms with Crippen molar-refractivity contribution in [2.75, 3.05) is 20.2 Å². The van der Waals surface area contributed by atoms with E-state index in [0.29, 0.717) is 12.6 Å². The zero-order chi connectivity index (χ0) is 10.8. The van der Waals surface area contributed by atoms with E-state index in [2.05, 4.69) is 17.9 Å². The van der Waals surface area contributed by atoms with Crippen LogP contribution >= 0.6 is 0 Å². The number of methoxy groups -OCH3 is 1. The number of likely N-dealkylation sites (N-methyl/N-ethyl adjacent to an activating group) is 1. The van der Waals surface area contributed by atoms with Crippen molar-refractivity contribution < 1.29 is 4.74 Å². The predicted molar refractivity (Wildman–Crippen MR) is 60.9 cm³/mol. The van der Waals surface area contributed by atoms with Gasteiger partial charge in [-0.3, -0.25) is 4.90 Å². The molecule has 0 fully saturated rings. The predicted octanol–water partition coefficient (Wildman–Crippen LogP) is 1.53. The lowest BCUT2D eigenvalue weighted by Gasteiger charge is -2.21. The number of nitrogens with two attached hydrogens (primary N) is 1. The summed E-state index contributed by atoms with van der Waals surface area (Å²) in [6, 6.07) is 6.58. The first kappa shape index (κ1) is 10.5. The fourth-order valence-corrected chi connectivity index (χ4v) is 2.37. The van der Waals surface area contributed by atoms with Gasteiger partial charge in [0, 0.05) is 24.7 Å². The molecular formula is C12H18N2O. The molecule has 0 aliphatic carbocycles. The molecule has 0 saturated heterocycles. The summed E-state index contributed by atoms with van der Waals surface area (Å²) in [6.45, 7) is 4.83. The van der Waals surface area contributed by atoms with Gasteiger partial charge in [-0.05, 0) is 18.2 Å². The van der Waals surface area contributed by atoms with E-state index in [1.165, 1.54) is 11.1 Å². The highest BCUT2D eigenvalue weighted by Crippen LogP contribution is 2.37. The van der Waals surface area contributed by atoms with Crippen LogP contribution in [0.5, 0.6) is 5.75 Å². The Kier molecular flexibility index (Phi) is 2.93. The minimum absolute atomic E-state index is 0.361. The zero-order valence-electron chi connectivity index (χ0n) is 9.36. The van der Waals surface area contributed by atoms with Gasteiger partial charge in [0.1, 0.15) is 5.75 Å². The lowest BCUT2D eigenvalue weighted by Crippen LogP contribution is -2.27. The Bertz CT molecular complexity index is 351. The summed E-state index contributed by atoms with van der Waals surface area (Å²) < 4.78 is 5.38. The van der Waals surface area contributed by atoms with Crippen molar-refractivity contribution >= 4 is 0 Å². The van der Waals surface area contributed by atoms with Crippen LogP contribution in [0.3, 0.4) is 0 Å². The second-order valence-corrected chi connectivity index (χ2v) is 3.84. The van der Waals surface area contributed by atoms with Crippen LogP contribution in [0, 0.1) is 0 Å². The van der Waals surface area contributed by atoms with Crippen molar-refractivity contribution in [2.24, 2.45) is 5.73 Å². The molecule has 1 aromatic carbocycles. The normalized spacial score (nSPS) is 20.3. The summed E-state index contributed by atoms with van der Waals surface area (Å²) >= 11 is 0. The summed E-state index contributed by atoms with van der Waals surface area (Å²) in [5.74, 6) is 0.988. The largest absolute Gasteiger partial charge is 0.496 e. The van der Waals surface area contributed by atoms with Crippen molar-refractivity contribution in [2.45, 2.75) is 19.5 Å². The van der Waals surface area contributed by atoms with Crippen molar-refractivity contribution in [3.8, 4) is 5.75 Å². The molecular weight excluding hydrogens is 188 g/mol. The zero-order valence-corrected chi connectivity index (χ0v) is 9.36. The van der Waals surface area contributed by atoms with Crippen molar-refractivity contribution in [3.05, 3.63) is 29.3 Å². The minimum atomic E-state index is 0.361. The van der Waals surface area contributed by atoms with Crippen molar-refractivity contribution in [1.82, 2.24) is 4.90 Å². The molecule has 15 heavy (non-hydrogen) atoms. The first-order chi connectivity index (χ1) is 7.31. The molecule has 0 radical (unpaired) electrons. The summed E-state index contributed by atoms with van der Waals surface area (Å²) in [6.07, 6.45) is 0. The standard InChI is InChI=1S/C12H18N2O/c1-3-14-8-10-9(11(14)7-13)5-4-6-12(10)15-2/h4-6,11H,3,7-8,13H2,1-2H3. The smallest absolute Gasteiger partial charge is 0.123 e. The summed E-state index contributed by atoms with van der Waals surface area (Å²) in [5, 5.41) is 0. The Hall–Kier alpha value is -1.06. The molecule has 1 atom stereocenters. The maximum absolute atomic E-state index is 5.82. The highest BCUT2D eigenvalue weighted by molar-refractivity contribution is 5.44. The van der Waals surface area contributed by atoms with Crippen molar-refractivity contribution in [1.29, 1.82) is 0 Å².